The van der Waals surface area contributed by atoms with Gasteiger partial charge in [-0.15, -0.1) is 0 Å². The number of carbonyl (C=O) groups is 3. The zero-order valence-corrected chi connectivity index (χ0v) is 20.8. The Morgan fingerprint density at radius 3 is 2.44 bits per heavy atom. The third-order valence-corrected chi connectivity index (χ3v) is 5.59. The lowest BCUT2D eigenvalue weighted by molar-refractivity contribution is -0.153. The number of likely N-dealkylation sites (tertiary alicyclic amines) is 1. The molecular weight excluding hydrogens is 436 g/mol. The number of hydrogen-bond donors (Lipinski definition) is 1. The number of ether oxygens (including phenoxy) is 2. The normalized spacial score (nSPS) is 16.2. The molecule has 0 spiro atoms. The molecule has 9 nitrogen and oxygen atoms in total. The molecule has 184 valence electrons. The molecule has 1 aromatic carbocycles. The van der Waals surface area contributed by atoms with Gasteiger partial charge in [0, 0.05) is 13.1 Å². The number of carbonyl (C=O) groups excluding carboxylic acids is 3. The van der Waals surface area contributed by atoms with E-state index in [1.165, 1.54) is 4.90 Å². The first-order chi connectivity index (χ1) is 15.9. The molecule has 1 N–H and O–H groups in total. The van der Waals surface area contributed by atoms with Gasteiger partial charge in [-0.25, -0.2) is 9.48 Å². The van der Waals surface area contributed by atoms with Gasteiger partial charge in [-0.1, -0.05) is 17.7 Å². The summed E-state index contributed by atoms with van der Waals surface area (Å²) >= 11 is 0. The van der Waals surface area contributed by atoms with E-state index >= 15 is 0 Å². The molecule has 0 aliphatic carbocycles. The summed E-state index contributed by atoms with van der Waals surface area (Å²) in [5.74, 6) is -1.42. The Labute approximate surface area is 200 Å². The molecule has 2 amide bonds. The maximum Gasteiger partial charge on any atom is 0.410 e. The standard InChI is InChI=1S/C25H34N4O5/c1-16-9-11-20(12-10-16)29-18(3)22(17(2)27-29)26-21(30)15-33-23(31)19-8-7-13-28(14-19)24(32)34-25(4,5)6/h9-12,19H,7-8,13-15H2,1-6H3,(H,26,30). The molecule has 1 fully saturated rings. The van der Waals surface area contributed by atoms with Crippen molar-refractivity contribution in [3.63, 3.8) is 0 Å². The SMILES string of the molecule is Cc1ccc(-n2nc(C)c(NC(=O)COC(=O)C3CCCN(C(=O)OC(C)(C)C)C3)c2C)cc1. The number of hydrogen-bond acceptors (Lipinski definition) is 6. The van der Waals surface area contributed by atoms with Crippen molar-refractivity contribution in [2.75, 3.05) is 25.0 Å². The van der Waals surface area contributed by atoms with Gasteiger partial charge in [0.1, 0.15) is 5.60 Å². The molecule has 2 aromatic rings. The van der Waals surface area contributed by atoms with E-state index in [2.05, 4.69) is 10.4 Å². The summed E-state index contributed by atoms with van der Waals surface area (Å²) in [7, 11) is 0. The molecule has 1 aliphatic rings. The molecule has 1 aromatic heterocycles. The van der Waals surface area contributed by atoms with Crippen molar-refractivity contribution in [1.29, 1.82) is 0 Å². The smallest absolute Gasteiger partial charge is 0.410 e. The van der Waals surface area contributed by atoms with Crippen molar-refractivity contribution >= 4 is 23.7 Å². The highest BCUT2D eigenvalue weighted by Crippen LogP contribution is 2.24. The number of rotatable bonds is 5. The Kier molecular flexibility index (Phi) is 7.64. The predicted molar refractivity (Wildman–Crippen MR) is 128 cm³/mol. The summed E-state index contributed by atoms with van der Waals surface area (Å²) in [4.78, 5) is 38.9. The quantitative estimate of drug-likeness (QED) is 0.665. The fourth-order valence-corrected chi connectivity index (χ4v) is 3.85. The summed E-state index contributed by atoms with van der Waals surface area (Å²) in [6, 6.07) is 7.93. The van der Waals surface area contributed by atoms with Gasteiger partial charge in [-0.3, -0.25) is 9.59 Å². The number of aryl methyl sites for hydroxylation is 2. The first-order valence-electron chi connectivity index (χ1n) is 11.5. The lowest BCUT2D eigenvalue weighted by Crippen LogP contribution is -2.45. The minimum absolute atomic E-state index is 0.219. The first-order valence-corrected chi connectivity index (χ1v) is 11.5. The van der Waals surface area contributed by atoms with Crippen LogP contribution in [0.5, 0.6) is 0 Å². The Hall–Kier alpha value is -3.36. The van der Waals surface area contributed by atoms with Crippen LogP contribution < -0.4 is 5.32 Å². The average molecular weight is 471 g/mol. The second kappa shape index (κ2) is 10.3. The molecule has 9 heteroatoms. The van der Waals surface area contributed by atoms with Gasteiger partial charge < -0.3 is 19.7 Å². The summed E-state index contributed by atoms with van der Waals surface area (Å²) in [6.07, 6.45) is 0.822. The Bertz CT molecular complexity index is 1050. The molecule has 34 heavy (non-hydrogen) atoms. The lowest BCUT2D eigenvalue weighted by Gasteiger charge is -2.33. The molecule has 1 saturated heterocycles. The van der Waals surface area contributed by atoms with Crippen molar-refractivity contribution in [2.24, 2.45) is 5.92 Å². The maximum absolute atomic E-state index is 12.6. The molecule has 0 bridgehead atoms. The number of piperidine rings is 1. The van der Waals surface area contributed by atoms with Gasteiger partial charge in [-0.2, -0.15) is 5.10 Å². The predicted octanol–water partition coefficient (Wildman–Crippen LogP) is 3.93. The van der Waals surface area contributed by atoms with Crippen LogP contribution in [0.3, 0.4) is 0 Å². The monoisotopic (exact) mass is 470 g/mol. The van der Waals surface area contributed by atoms with Gasteiger partial charge in [0.25, 0.3) is 5.91 Å². The maximum atomic E-state index is 12.6. The van der Waals surface area contributed by atoms with Gasteiger partial charge >= 0.3 is 12.1 Å². The van der Waals surface area contributed by atoms with Crippen LogP contribution in [0.2, 0.25) is 0 Å². The highest BCUT2D eigenvalue weighted by Gasteiger charge is 2.32. The topological polar surface area (TPSA) is 103 Å². The van der Waals surface area contributed by atoms with Crippen molar-refractivity contribution in [3.05, 3.63) is 41.2 Å². The third-order valence-electron chi connectivity index (χ3n) is 5.59. The fourth-order valence-electron chi connectivity index (χ4n) is 3.85. The molecule has 3 rings (SSSR count). The Morgan fingerprint density at radius 1 is 1.12 bits per heavy atom. The van der Waals surface area contributed by atoms with Crippen LogP contribution in [-0.2, 0) is 19.1 Å². The van der Waals surface area contributed by atoms with Crippen LogP contribution in [0.1, 0.15) is 50.6 Å². The number of nitrogens with zero attached hydrogens (tertiary/aromatic N) is 3. The highest BCUT2D eigenvalue weighted by molar-refractivity contribution is 5.94. The Balaban J connectivity index is 1.55. The van der Waals surface area contributed by atoms with E-state index in [4.69, 9.17) is 9.47 Å². The minimum Gasteiger partial charge on any atom is -0.455 e. The number of benzene rings is 1. The van der Waals surface area contributed by atoms with Crippen molar-refractivity contribution in [3.8, 4) is 5.69 Å². The second-order valence-electron chi connectivity index (χ2n) is 9.71. The lowest BCUT2D eigenvalue weighted by atomic mass is 9.98. The zero-order valence-electron chi connectivity index (χ0n) is 20.8. The average Bonchev–Trinajstić information content (AvgIpc) is 3.05. The molecule has 1 aliphatic heterocycles. The van der Waals surface area contributed by atoms with E-state index in [0.29, 0.717) is 30.8 Å². The number of nitrogens with one attached hydrogen (secondary N) is 1. The van der Waals surface area contributed by atoms with E-state index in [-0.39, 0.29) is 6.54 Å². The summed E-state index contributed by atoms with van der Waals surface area (Å²) < 4.78 is 12.4. The number of anilines is 1. The second-order valence-corrected chi connectivity index (χ2v) is 9.71. The van der Waals surface area contributed by atoms with Crippen LogP contribution in [0.4, 0.5) is 10.5 Å². The van der Waals surface area contributed by atoms with Gasteiger partial charge in [0.05, 0.1) is 28.7 Å². The highest BCUT2D eigenvalue weighted by atomic mass is 16.6. The van der Waals surface area contributed by atoms with Crippen LogP contribution in [0.25, 0.3) is 5.69 Å². The van der Waals surface area contributed by atoms with Gasteiger partial charge in [-0.05, 0) is 66.5 Å². The molecular formula is C25H34N4O5. The first kappa shape index (κ1) is 25.3. The number of esters is 1. The van der Waals surface area contributed by atoms with Crippen molar-refractivity contribution < 1.29 is 23.9 Å². The van der Waals surface area contributed by atoms with Crippen LogP contribution in [0, 0.1) is 26.7 Å². The molecule has 1 unspecified atom stereocenters. The molecule has 0 radical (unpaired) electrons. The molecule has 0 saturated carbocycles. The van der Waals surface area contributed by atoms with Crippen molar-refractivity contribution in [1.82, 2.24) is 14.7 Å². The van der Waals surface area contributed by atoms with Crippen LogP contribution in [0.15, 0.2) is 24.3 Å². The number of amides is 2. The zero-order chi connectivity index (χ0) is 25.0. The molecule has 2 heterocycles. The summed E-state index contributed by atoms with van der Waals surface area (Å²) in [6.45, 7) is 11.4. The largest absolute Gasteiger partial charge is 0.455 e. The Morgan fingerprint density at radius 2 is 1.79 bits per heavy atom. The molecule has 1 atom stereocenters. The van der Waals surface area contributed by atoms with Gasteiger partial charge in [0.2, 0.25) is 0 Å². The van der Waals surface area contributed by atoms with Crippen LogP contribution in [-0.4, -0.2) is 57.9 Å². The summed E-state index contributed by atoms with van der Waals surface area (Å²) in [5.41, 5.74) is 3.47. The van der Waals surface area contributed by atoms with E-state index < -0.39 is 36.1 Å². The van der Waals surface area contributed by atoms with Crippen LogP contribution >= 0.6 is 0 Å². The fraction of sp³-hybridized carbons (Fsp3) is 0.520. The van der Waals surface area contributed by atoms with E-state index in [9.17, 15) is 14.4 Å². The van der Waals surface area contributed by atoms with E-state index in [0.717, 1.165) is 16.9 Å². The summed E-state index contributed by atoms with van der Waals surface area (Å²) in [5, 5.41) is 7.33. The van der Waals surface area contributed by atoms with E-state index in [1.807, 2.05) is 45.0 Å². The van der Waals surface area contributed by atoms with Crippen molar-refractivity contribution in [2.45, 2.75) is 60.0 Å². The third kappa shape index (κ3) is 6.36. The minimum atomic E-state index is -0.605. The number of aromatic nitrogens is 2. The van der Waals surface area contributed by atoms with Gasteiger partial charge in [0.15, 0.2) is 6.61 Å². The van der Waals surface area contributed by atoms with E-state index in [1.54, 1.807) is 25.5 Å².